The van der Waals surface area contributed by atoms with Gasteiger partial charge in [-0.2, -0.15) is 5.10 Å². The van der Waals surface area contributed by atoms with Crippen molar-refractivity contribution in [3.8, 4) is 0 Å². The highest BCUT2D eigenvalue weighted by atomic mass is 79.9. The second-order valence-electron chi connectivity index (χ2n) is 3.00. The smallest absolute Gasteiger partial charge is 0.266 e. The Balaban J connectivity index is 2.81. The van der Waals surface area contributed by atoms with Gasteiger partial charge in [-0.1, -0.05) is 15.9 Å². The van der Waals surface area contributed by atoms with Crippen molar-refractivity contribution in [1.29, 1.82) is 0 Å². The number of aromatic nitrogens is 2. The van der Waals surface area contributed by atoms with Crippen LogP contribution in [-0.2, 0) is 7.05 Å². The first-order valence-corrected chi connectivity index (χ1v) is 4.79. The van der Waals surface area contributed by atoms with Crippen LogP contribution in [0.5, 0.6) is 0 Å². The number of fused-ring (bicyclic) bond motifs is 1. The molecule has 0 aliphatic rings. The van der Waals surface area contributed by atoms with E-state index in [9.17, 15) is 8.78 Å². The molecule has 0 amide bonds. The summed E-state index contributed by atoms with van der Waals surface area (Å²) >= 11 is 3.30. The number of nitrogens with zero attached hydrogens (tertiary/aromatic N) is 2. The van der Waals surface area contributed by atoms with Crippen molar-refractivity contribution >= 4 is 26.8 Å². The van der Waals surface area contributed by atoms with Crippen LogP contribution in [0.1, 0.15) is 12.0 Å². The Morgan fingerprint density at radius 1 is 1.43 bits per heavy atom. The number of hydrogen-bond donors (Lipinski definition) is 0. The predicted molar refractivity (Wildman–Crippen MR) is 53.4 cm³/mol. The molecule has 0 fully saturated rings. The molecule has 1 aromatic carbocycles. The molecule has 0 saturated heterocycles. The average Bonchev–Trinajstić information content (AvgIpc) is 2.47. The van der Waals surface area contributed by atoms with E-state index in [0.29, 0.717) is 10.9 Å². The molecule has 0 saturated carbocycles. The Labute approximate surface area is 87.6 Å². The van der Waals surface area contributed by atoms with E-state index in [1.54, 1.807) is 19.3 Å². The molecule has 0 aliphatic carbocycles. The second-order valence-corrected chi connectivity index (χ2v) is 3.86. The van der Waals surface area contributed by atoms with E-state index < -0.39 is 6.43 Å². The van der Waals surface area contributed by atoms with Crippen molar-refractivity contribution in [1.82, 2.24) is 9.78 Å². The second kappa shape index (κ2) is 3.31. The van der Waals surface area contributed by atoms with Crippen molar-refractivity contribution in [2.45, 2.75) is 6.43 Å². The number of rotatable bonds is 1. The van der Waals surface area contributed by atoms with Crippen LogP contribution in [0.25, 0.3) is 10.9 Å². The minimum Gasteiger partial charge on any atom is -0.275 e. The normalized spacial score (nSPS) is 11.5. The Morgan fingerprint density at radius 3 is 2.79 bits per heavy atom. The van der Waals surface area contributed by atoms with Crippen molar-refractivity contribution in [3.05, 3.63) is 28.4 Å². The molecule has 0 bridgehead atoms. The summed E-state index contributed by atoms with van der Waals surface area (Å²) in [7, 11) is 1.71. The Bertz CT molecular complexity index is 479. The largest absolute Gasteiger partial charge is 0.275 e. The van der Waals surface area contributed by atoms with Gasteiger partial charge in [0.15, 0.2) is 0 Å². The molecule has 0 radical (unpaired) electrons. The highest BCUT2D eigenvalue weighted by molar-refractivity contribution is 9.10. The Kier molecular flexibility index (Phi) is 2.26. The van der Waals surface area contributed by atoms with Gasteiger partial charge in [0.25, 0.3) is 6.43 Å². The maximum Gasteiger partial charge on any atom is 0.266 e. The van der Waals surface area contributed by atoms with Crippen LogP contribution in [0, 0.1) is 0 Å². The van der Waals surface area contributed by atoms with Crippen molar-refractivity contribution in [2.75, 3.05) is 0 Å². The van der Waals surface area contributed by atoms with Crippen LogP contribution in [0.4, 0.5) is 8.78 Å². The van der Waals surface area contributed by atoms with Crippen LogP contribution in [0.2, 0.25) is 0 Å². The molecule has 2 rings (SSSR count). The molecule has 5 heteroatoms. The fourth-order valence-corrected chi connectivity index (χ4v) is 1.81. The maximum absolute atomic E-state index is 12.6. The number of aryl methyl sites for hydroxylation is 1. The molecule has 14 heavy (non-hydrogen) atoms. The summed E-state index contributed by atoms with van der Waals surface area (Å²) < 4.78 is 27.5. The van der Waals surface area contributed by atoms with Crippen LogP contribution in [0.3, 0.4) is 0 Å². The monoisotopic (exact) mass is 260 g/mol. The number of alkyl halides is 2. The lowest BCUT2D eigenvalue weighted by molar-refractivity contribution is 0.153. The van der Waals surface area contributed by atoms with E-state index in [4.69, 9.17) is 0 Å². The van der Waals surface area contributed by atoms with Gasteiger partial charge in [0, 0.05) is 28.7 Å². The quantitative estimate of drug-likeness (QED) is 0.770. The average molecular weight is 261 g/mol. The maximum atomic E-state index is 12.6. The van der Waals surface area contributed by atoms with Crippen LogP contribution >= 0.6 is 15.9 Å². The molecule has 0 aliphatic heterocycles. The summed E-state index contributed by atoms with van der Waals surface area (Å²) in [6, 6.07) is 3.01. The van der Waals surface area contributed by atoms with Crippen molar-refractivity contribution in [2.24, 2.45) is 7.05 Å². The molecule has 0 spiro atoms. The number of benzene rings is 1. The Hall–Kier alpha value is -0.970. The van der Waals surface area contributed by atoms with Crippen LogP contribution in [-0.4, -0.2) is 9.78 Å². The first-order chi connectivity index (χ1) is 6.59. The first-order valence-electron chi connectivity index (χ1n) is 3.99. The van der Waals surface area contributed by atoms with Crippen molar-refractivity contribution in [3.63, 3.8) is 0 Å². The molecule has 0 N–H and O–H groups in total. The van der Waals surface area contributed by atoms with Gasteiger partial charge >= 0.3 is 0 Å². The van der Waals surface area contributed by atoms with Gasteiger partial charge in [-0.3, -0.25) is 4.68 Å². The zero-order chi connectivity index (χ0) is 10.3. The van der Waals surface area contributed by atoms with Gasteiger partial charge in [-0.25, -0.2) is 8.78 Å². The molecule has 74 valence electrons. The highest BCUT2D eigenvalue weighted by Gasteiger charge is 2.15. The van der Waals surface area contributed by atoms with Gasteiger partial charge in [-0.05, 0) is 12.1 Å². The summed E-state index contributed by atoms with van der Waals surface area (Å²) in [5.74, 6) is 0. The van der Waals surface area contributed by atoms with Crippen LogP contribution in [0.15, 0.2) is 22.8 Å². The molecule has 0 atom stereocenters. The lowest BCUT2D eigenvalue weighted by Gasteiger charge is -2.00. The first kappa shape index (κ1) is 9.58. The zero-order valence-electron chi connectivity index (χ0n) is 7.34. The third kappa shape index (κ3) is 1.41. The van der Waals surface area contributed by atoms with E-state index >= 15 is 0 Å². The van der Waals surface area contributed by atoms with Gasteiger partial charge in [0.2, 0.25) is 0 Å². The SMILES string of the molecule is Cn1cc2c(Br)ccc(C(F)F)c2n1. The summed E-state index contributed by atoms with van der Waals surface area (Å²) in [6.07, 6.45) is -0.772. The van der Waals surface area contributed by atoms with Gasteiger partial charge in [-0.15, -0.1) is 0 Å². The fourth-order valence-electron chi connectivity index (χ4n) is 1.38. The lowest BCUT2D eigenvalue weighted by Crippen LogP contribution is -1.89. The third-order valence-electron chi connectivity index (χ3n) is 2.00. The standard InChI is InChI=1S/C9H7BrF2N2/c1-14-4-6-7(10)3-2-5(9(11)12)8(6)13-14/h2-4,9H,1H3. The summed E-state index contributed by atoms with van der Waals surface area (Å²) in [5, 5.41) is 4.72. The molecule has 0 unspecified atom stereocenters. The topological polar surface area (TPSA) is 17.8 Å². The minimum absolute atomic E-state index is 0.0243. The van der Waals surface area contributed by atoms with Gasteiger partial charge in [0.1, 0.15) is 5.52 Å². The predicted octanol–water partition coefficient (Wildman–Crippen LogP) is 3.27. The van der Waals surface area contributed by atoms with Crippen molar-refractivity contribution < 1.29 is 8.78 Å². The van der Waals surface area contributed by atoms with Crippen LogP contribution < -0.4 is 0 Å². The molecule has 2 aromatic rings. The minimum atomic E-state index is -2.49. The molecular weight excluding hydrogens is 254 g/mol. The van der Waals surface area contributed by atoms with E-state index in [0.717, 1.165) is 4.47 Å². The van der Waals surface area contributed by atoms with Gasteiger partial charge < -0.3 is 0 Å². The van der Waals surface area contributed by atoms with E-state index in [1.165, 1.54) is 10.7 Å². The van der Waals surface area contributed by atoms with E-state index in [2.05, 4.69) is 21.0 Å². The van der Waals surface area contributed by atoms with E-state index in [1.807, 2.05) is 0 Å². The number of hydrogen-bond acceptors (Lipinski definition) is 1. The molecule has 1 heterocycles. The van der Waals surface area contributed by atoms with Gasteiger partial charge in [0.05, 0.1) is 0 Å². The molecular formula is C9H7BrF2N2. The lowest BCUT2D eigenvalue weighted by atomic mass is 10.1. The Morgan fingerprint density at radius 2 is 2.14 bits per heavy atom. The third-order valence-corrected chi connectivity index (χ3v) is 2.70. The highest BCUT2D eigenvalue weighted by Crippen LogP contribution is 2.31. The zero-order valence-corrected chi connectivity index (χ0v) is 8.92. The fraction of sp³-hybridized carbons (Fsp3) is 0.222. The number of halogens is 3. The molecule has 1 aromatic heterocycles. The summed E-state index contributed by atoms with van der Waals surface area (Å²) in [4.78, 5) is 0. The summed E-state index contributed by atoms with van der Waals surface area (Å²) in [5.41, 5.74) is 0.334. The molecule has 2 nitrogen and oxygen atoms in total. The summed E-state index contributed by atoms with van der Waals surface area (Å²) in [6.45, 7) is 0. The van der Waals surface area contributed by atoms with E-state index in [-0.39, 0.29) is 5.56 Å².